The number of benzene rings is 1. The van der Waals surface area contributed by atoms with Gasteiger partial charge in [-0.25, -0.2) is 0 Å². The summed E-state index contributed by atoms with van der Waals surface area (Å²) >= 11 is 6.29. The summed E-state index contributed by atoms with van der Waals surface area (Å²) in [4.78, 5) is 0. The third-order valence-corrected chi connectivity index (χ3v) is 4.07. The van der Waals surface area contributed by atoms with Crippen LogP contribution in [0.2, 0.25) is 0 Å². The van der Waals surface area contributed by atoms with Crippen LogP contribution in [0, 0.1) is 5.92 Å². The monoisotopic (exact) mass is 222 g/mol. The molecule has 0 aromatic heterocycles. The summed E-state index contributed by atoms with van der Waals surface area (Å²) in [6, 6.07) is 9.02. The number of alkyl halides is 1. The van der Waals surface area contributed by atoms with E-state index in [1.54, 1.807) is 0 Å². The second kappa shape index (κ2) is 5.03. The molecule has 1 aromatic rings. The van der Waals surface area contributed by atoms with Crippen molar-refractivity contribution in [2.75, 3.05) is 0 Å². The molecule has 2 atom stereocenters. The van der Waals surface area contributed by atoms with Gasteiger partial charge in [0.05, 0.1) is 0 Å². The van der Waals surface area contributed by atoms with Gasteiger partial charge in [0.25, 0.3) is 0 Å². The number of rotatable bonds is 3. The fourth-order valence-electron chi connectivity index (χ4n) is 2.44. The zero-order valence-corrected chi connectivity index (χ0v) is 10.1. The van der Waals surface area contributed by atoms with Crippen LogP contribution < -0.4 is 0 Å². The van der Waals surface area contributed by atoms with Gasteiger partial charge < -0.3 is 0 Å². The highest BCUT2D eigenvalue weighted by atomic mass is 35.5. The lowest BCUT2D eigenvalue weighted by Gasteiger charge is -2.13. The van der Waals surface area contributed by atoms with Crippen molar-refractivity contribution >= 4 is 11.6 Å². The van der Waals surface area contributed by atoms with E-state index in [2.05, 4.69) is 31.2 Å². The van der Waals surface area contributed by atoms with Gasteiger partial charge in [0.15, 0.2) is 0 Å². The minimum Gasteiger partial charge on any atom is -0.123 e. The van der Waals surface area contributed by atoms with E-state index < -0.39 is 0 Å². The molecule has 0 N–H and O–H groups in total. The fraction of sp³-hybridized carbons (Fsp3) is 0.571. The topological polar surface area (TPSA) is 0 Å². The molecular formula is C14H19Cl. The first-order chi connectivity index (χ1) is 7.29. The Balaban J connectivity index is 1.98. The van der Waals surface area contributed by atoms with E-state index in [4.69, 9.17) is 11.6 Å². The molecule has 82 valence electrons. The van der Waals surface area contributed by atoms with Gasteiger partial charge in [-0.2, -0.15) is 0 Å². The van der Waals surface area contributed by atoms with Crippen LogP contribution in [0.4, 0.5) is 0 Å². The average molecular weight is 223 g/mol. The standard InChI is InChI=1S/C14H19Cl/c1-2-11-6-8-12(9-7-11)10-13-4-3-5-14(13)15/h6-9,13-14H,2-5,10H2,1H3. The summed E-state index contributed by atoms with van der Waals surface area (Å²) in [5.41, 5.74) is 2.87. The first-order valence-electron chi connectivity index (χ1n) is 6.01. The molecule has 2 unspecified atom stereocenters. The van der Waals surface area contributed by atoms with Crippen LogP contribution in [0.1, 0.15) is 37.3 Å². The zero-order chi connectivity index (χ0) is 10.7. The first kappa shape index (κ1) is 11.0. The third kappa shape index (κ3) is 2.75. The van der Waals surface area contributed by atoms with Crippen molar-refractivity contribution in [1.82, 2.24) is 0 Å². The van der Waals surface area contributed by atoms with E-state index >= 15 is 0 Å². The van der Waals surface area contributed by atoms with Gasteiger partial charge >= 0.3 is 0 Å². The molecule has 0 amide bonds. The Hall–Kier alpha value is -0.490. The molecule has 15 heavy (non-hydrogen) atoms. The summed E-state index contributed by atoms with van der Waals surface area (Å²) in [5.74, 6) is 0.708. The van der Waals surface area contributed by atoms with Gasteiger partial charge in [0.2, 0.25) is 0 Å². The van der Waals surface area contributed by atoms with E-state index in [0.717, 1.165) is 12.8 Å². The van der Waals surface area contributed by atoms with Gasteiger partial charge in [0.1, 0.15) is 0 Å². The molecule has 1 aliphatic rings. The Bertz CT molecular complexity index is 302. The largest absolute Gasteiger partial charge is 0.123 e. The lowest BCUT2D eigenvalue weighted by Crippen LogP contribution is -2.10. The van der Waals surface area contributed by atoms with Crippen LogP contribution in [-0.2, 0) is 12.8 Å². The van der Waals surface area contributed by atoms with E-state index in [1.165, 1.54) is 30.4 Å². The van der Waals surface area contributed by atoms with Crippen LogP contribution in [0.5, 0.6) is 0 Å². The van der Waals surface area contributed by atoms with Crippen molar-refractivity contribution < 1.29 is 0 Å². The van der Waals surface area contributed by atoms with E-state index in [0.29, 0.717) is 11.3 Å². The van der Waals surface area contributed by atoms with Crippen molar-refractivity contribution in [3.63, 3.8) is 0 Å². The molecule has 1 aromatic carbocycles. The normalized spacial score (nSPS) is 25.7. The van der Waals surface area contributed by atoms with Crippen molar-refractivity contribution in [1.29, 1.82) is 0 Å². The summed E-state index contributed by atoms with van der Waals surface area (Å²) in [5, 5.41) is 0.413. The van der Waals surface area contributed by atoms with Gasteiger partial charge in [0, 0.05) is 5.38 Å². The number of hydrogen-bond acceptors (Lipinski definition) is 0. The van der Waals surface area contributed by atoms with Crippen molar-refractivity contribution in [3.05, 3.63) is 35.4 Å². The minimum atomic E-state index is 0.413. The molecule has 0 spiro atoms. The average Bonchev–Trinajstić information content (AvgIpc) is 2.66. The maximum atomic E-state index is 6.29. The molecule has 1 fully saturated rings. The van der Waals surface area contributed by atoms with Crippen molar-refractivity contribution in [2.45, 2.75) is 44.4 Å². The quantitative estimate of drug-likeness (QED) is 0.673. The Morgan fingerprint density at radius 1 is 1.13 bits per heavy atom. The van der Waals surface area contributed by atoms with Crippen LogP contribution in [-0.4, -0.2) is 5.38 Å². The maximum Gasteiger partial charge on any atom is 0.0367 e. The van der Waals surface area contributed by atoms with E-state index in [1.807, 2.05) is 0 Å². The number of halogens is 1. The SMILES string of the molecule is CCc1ccc(CC2CCCC2Cl)cc1. The minimum absolute atomic E-state index is 0.413. The summed E-state index contributed by atoms with van der Waals surface area (Å²) in [6.45, 7) is 2.20. The highest BCUT2D eigenvalue weighted by Gasteiger charge is 2.24. The lowest BCUT2D eigenvalue weighted by molar-refractivity contribution is 0.552. The Kier molecular flexibility index (Phi) is 3.69. The second-order valence-corrected chi connectivity index (χ2v) is 5.14. The molecule has 0 radical (unpaired) electrons. The van der Waals surface area contributed by atoms with Gasteiger partial charge in [-0.3, -0.25) is 0 Å². The molecule has 2 rings (SSSR count). The summed E-state index contributed by atoms with van der Waals surface area (Å²) in [7, 11) is 0. The van der Waals surface area contributed by atoms with Gasteiger partial charge in [-0.05, 0) is 42.7 Å². The highest BCUT2D eigenvalue weighted by molar-refractivity contribution is 6.20. The molecule has 0 nitrogen and oxygen atoms in total. The van der Waals surface area contributed by atoms with Crippen LogP contribution in [0.25, 0.3) is 0 Å². The van der Waals surface area contributed by atoms with Crippen LogP contribution >= 0.6 is 11.6 Å². The molecule has 1 aliphatic carbocycles. The predicted octanol–water partition coefficient (Wildman–Crippen LogP) is 4.20. The van der Waals surface area contributed by atoms with Crippen LogP contribution in [0.15, 0.2) is 24.3 Å². The molecule has 1 saturated carbocycles. The van der Waals surface area contributed by atoms with Gasteiger partial charge in [-0.1, -0.05) is 37.6 Å². The lowest BCUT2D eigenvalue weighted by atomic mass is 9.97. The second-order valence-electron chi connectivity index (χ2n) is 4.58. The first-order valence-corrected chi connectivity index (χ1v) is 6.45. The summed E-state index contributed by atoms with van der Waals surface area (Å²) < 4.78 is 0. The number of aryl methyl sites for hydroxylation is 1. The third-order valence-electron chi connectivity index (χ3n) is 3.50. The maximum absolute atomic E-state index is 6.29. The van der Waals surface area contributed by atoms with Crippen molar-refractivity contribution in [2.24, 2.45) is 5.92 Å². The molecule has 0 heterocycles. The fourth-order valence-corrected chi connectivity index (χ4v) is 2.80. The molecule has 0 saturated heterocycles. The molecule has 1 heteroatoms. The summed E-state index contributed by atoms with van der Waals surface area (Å²) in [6.07, 6.45) is 6.12. The highest BCUT2D eigenvalue weighted by Crippen LogP contribution is 2.32. The van der Waals surface area contributed by atoms with Crippen molar-refractivity contribution in [3.8, 4) is 0 Å². The Labute approximate surface area is 97.6 Å². The van der Waals surface area contributed by atoms with E-state index in [9.17, 15) is 0 Å². The Morgan fingerprint density at radius 2 is 1.80 bits per heavy atom. The number of hydrogen-bond donors (Lipinski definition) is 0. The van der Waals surface area contributed by atoms with Crippen LogP contribution in [0.3, 0.4) is 0 Å². The molecular weight excluding hydrogens is 204 g/mol. The Morgan fingerprint density at radius 3 is 2.33 bits per heavy atom. The van der Waals surface area contributed by atoms with E-state index in [-0.39, 0.29) is 0 Å². The molecule has 0 bridgehead atoms. The predicted molar refractivity (Wildman–Crippen MR) is 66.5 cm³/mol. The zero-order valence-electron chi connectivity index (χ0n) is 9.38. The molecule has 0 aliphatic heterocycles. The smallest absolute Gasteiger partial charge is 0.0367 e. The van der Waals surface area contributed by atoms with Gasteiger partial charge in [-0.15, -0.1) is 11.6 Å².